The molecule has 0 bridgehead atoms. The van der Waals surface area contributed by atoms with E-state index in [9.17, 15) is 14.0 Å². The Balaban J connectivity index is 1.39. The number of carbonyl (C=O) groups excluding carboxylic acids is 2. The summed E-state index contributed by atoms with van der Waals surface area (Å²) in [6.07, 6.45) is 0. The number of anilines is 2. The number of amides is 2. The van der Waals surface area contributed by atoms with Crippen LogP contribution in [0.5, 0.6) is 0 Å². The second-order valence-corrected chi connectivity index (χ2v) is 7.33. The van der Waals surface area contributed by atoms with E-state index in [4.69, 9.17) is 0 Å². The second kappa shape index (κ2) is 9.43. The molecule has 0 aromatic heterocycles. The lowest BCUT2D eigenvalue weighted by molar-refractivity contribution is -1.00. The van der Waals surface area contributed by atoms with Crippen molar-refractivity contribution >= 4 is 23.2 Å². The highest BCUT2D eigenvalue weighted by Gasteiger charge is 2.26. The quantitative estimate of drug-likeness (QED) is 0.541. The summed E-state index contributed by atoms with van der Waals surface area (Å²) in [5.74, 6) is -0.486. The number of nitrogens with one attached hydrogen (secondary N) is 4. The Bertz CT molecular complexity index is 765. The number of aryl methyl sites for hydroxylation is 1. The van der Waals surface area contributed by atoms with E-state index in [1.54, 1.807) is 12.1 Å². The van der Waals surface area contributed by atoms with Crippen LogP contribution in [0.25, 0.3) is 0 Å². The minimum atomic E-state index is -0.369. The van der Waals surface area contributed by atoms with Gasteiger partial charge in [0.25, 0.3) is 11.8 Å². The summed E-state index contributed by atoms with van der Waals surface area (Å²) in [4.78, 5) is 26.8. The number of benzene rings is 2. The standard InChI is InChI=1S/C21H25FN4O2/c1-16-4-2-6-18(12-16)23-20(27)14-25-8-10-26(11-9-25)15-21(28)24-19-7-3-5-17(22)13-19/h2-7,12-13H,8-11,14-15H2,1H3,(H,23,27)(H,24,28)/p+2. The van der Waals surface area contributed by atoms with Gasteiger partial charge in [-0.25, -0.2) is 4.39 Å². The van der Waals surface area contributed by atoms with Crippen molar-refractivity contribution in [3.8, 4) is 0 Å². The first kappa shape index (κ1) is 20.0. The summed E-state index contributed by atoms with van der Waals surface area (Å²) in [6, 6.07) is 13.7. The largest absolute Gasteiger partial charge is 0.321 e. The lowest BCUT2D eigenvalue weighted by atomic mass is 10.2. The first-order valence-corrected chi connectivity index (χ1v) is 9.57. The van der Waals surface area contributed by atoms with Crippen LogP contribution in [0.4, 0.5) is 15.8 Å². The monoisotopic (exact) mass is 386 g/mol. The predicted octanol–water partition coefficient (Wildman–Crippen LogP) is -0.505. The molecule has 0 aliphatic carbocycles. The molecule has 1 heterocycles. The zero-order valence-corrected chi connectivity index (χ0v) is 16.1. The highest BCUT2D eigenvalue weighted by molar-refractivity contribution is 5.92. The van der Waals surface area contributed by atoms with Crippen molar-refractivity contribution in [2.45, 2.75) is 6.92 Å². The minimum Gasteiger partial charge on any atom is -0.321 e. The van der Waals surface area contributed by atoms with Crippen molar-refractivity contribution in [1.82, 2.24) is 0 Å². The zero-order chi connectivity index (χ0) is 19.9. The van der Waals surface area contributed by atoms with Gasteiger partial charge in [0.15, 0.2) is 13.1 Å². The molecule has 0 saturated carbocycles. The number of halogens is 1. The molecule has 0 atom stereocenters. The summed E-state index contributed by atoms with van der Waals surface area (Å²) in [5.41, 5.74) is 2.41. The molecule has 6 nitrogen and oxygen atoms in total. The van der Waals surface area contributed by atoms with E-state index in [2.05, 4.69) is 10.6 Å². The van der Waals surface area contributed by atoms with Gasteiger partial charge in [-0.05, 0) is 42.8 Å². The third-order valence-corrected chi connectivity index (χ3v) is 4.90. The summed E-state index contributed by atoms with van der Waals surface area (Å²) in [6.45, 7) is 6.09. The third kappa shape index (κ3) is 6.14. The smallest absolute Gasteiger partial charge is 0.279 e. The van der Waals surface area contributed by atoms with E-state index in [1.807, 2.05) is 31.2 Å². The Morgan fingerprint density at radius 3 is 1.86 bits per heavy atom. The average Bonchev–Trinajstić information content (AvgIpc) is 2.63. The van der Waals surface area contributed by atoms with Crippen LogP contribution in [0.1, 0.15) is 5.56 Å². The van der Waals surface area contributed by atoms with Crippen LogP contribution in [-0.2, 0) is 9.59 Å². The molecule has 2 aromatic carbocycles. The molecular formula is C21H27FN4O2+2. The molecule has 1 aliphatic rings. The van der Waals surface area contributed by atoms with Gasteiger partial charge in [-0.1, -0.05) is 18.2 Å². The lowest BCUT2D eigenvalue weighted by Crippen LogP contribution is -3.28. The Hall–Kier alpha value is -2.77. The topological polar surface area (TPSA) is 67.1 Å². The predicted molar refractivity (Wildman–Crippen MR) is 106 cm³/mol. The van der Waals surface area contributed by atoms with E-state index < -0.39 is 0 Å². The van der Waals surface area contributed by atoms with Crippen LogP contribution in [0.3, 0.4) is 0 Å². The van der Waals surface area contributed by atoms with E-state index in [-0.39, 0.29) is 17.6 Å². The molecule has 0 radical (unpaired) electrons. The van der Waals surface area contributed by atoms with E-state index in [0.717, 1.165) is 37.4 Å². The van der Waals surface area contributed by atoms with Gasteiger partial charge in [-0.3, -0.25) is 9.59 Å². The third-order valence-electron chi connectivity index (χ3n) is 4.90. The second-order valence-electron chi connectivity index (χ2n) is 7.33. The molecule has 7 heteroatoms. The summed E-state index contributed by atoms with van der Waals surface area (Å²) in [5, 5.41) is 5.68. The first-order chi connectivity index (χ1) is 13.5. The fourth-order valence-electron chi connectivity index (χ4n) is 3.46. The lowest BCUT2D eigenvalue weighted by Gasteiger charge is -2.29. The minimum absolute atomic E-state index is 0.00731. The molecule has 0 spiro atoms. The van der Waals surface area contributed by atoms with Gasteiger partial charge in [-0.15, -0.1) is 0 Å². The molecule has 4 N–H and O–H groups in total. The SMILES string of the molecule is Cc1cccc(NC(=O)C[NH+]2CC[NH+](CC(=O)Nc3cccc(F)c3)CC2)c1. The van der Waals surface area contributed by atoms with Gasteiger partial charge in [0, 0.05) is 11.4 Å². The van der Waals surface area contributed by atoms with Crippen molar-refractivity contribution in [2.75, 3.05) is 49.9 Å². The first-order valence-electron chi connectivity index (χ1n) is 9.57. The van der Waals surface area contributed by atoms with Gasteiger partial charge in [0.2, 0.25) is 0 Å². The fourth-order valence-corrected chi connectivity index (χ4v) is 3.46. The Kier molecular flexibility index (Phi) is 6.73. The zero-order valence-electron chi connectivity index (χ0n) is 16.1. The maximum absolute atomic E-state index is 13.2. The molecule has 1 fully saturated rings. The van der Waals surface area contributed by atoms with Gasteiger partial charge in [0.05, 0.1) is 0 Å². The number of piperazine rings is 1. The molecule has 3 rings (SSSR count). The highest BCUT2D eigenvalue weighted by atomic mass is 19.1. The molecule has 0 unspecified atom stereocenters. The van der Waals surface area contributed by atoms with Crippen LogP contribution in [-0.4, -0.2) is 51.1 Å². The number of hydrogen-bond acceptors (Lipinski definition) is 2. The maximum Gasteiger partial charge on any atom is 0.279 e. The Labute approximate surface area is 164 Å². The molecule has 148 valence electrons. The van der Waals surface area contributed by atoms with Crippen molar-refractivity contribution in [2.24, 2.45) is 0 Å². The average molecular weight is 386 g/mol. The number of rotatable bonds is 6. The van der Waals surface area contributed by atoms with Gasteiger partial charge in [-0.2, -0.15) is 0 Å². The van der Waals surface area contributed by atoms with Crippen molar-refractivity contribution in [3.05, 3.63) is 59.9 Å². The summed E-state index contributed by atoms with van der Waals surface area (Å²) >= 11 is 0. The van der Waals surface area contributed by atoms with E-state index in [1.165, 1.54) is 21.9 Å². The van der Waals surface area contributed by atoms with Crippen molar-refractivity contribution in [1.29, 1.82) is 0 Å². The highest BCUT2D eigenvalue weighted by Crippen LogP contribution is 2.09. The number of hydrogen-bond donors (Lipinski definition) is 4. The molecule has 1 aliphatic heterocycles. The molecule has 2 aromatic rings. The Morgan fingerprint density at radius 1 is 0.857 bits per heavy atom. The fraction of sp³-hybridized carbons (Fsp3) is 0.333. The van der Waals surface area contributed by atoms with Gasteiger partial charge < -0.3 is 20.4 Å². The van der Waals surface area contributed by atoms with E-state index in [0.29, 0.717) is 18.8 Å². The van der Waals surface area contributed by atoms with Crippen molar-refractivity contribution < 1.29 is 23.8 Å². The van der Waals surface area contributed by atoms with Gasteiger partial charge >= 0.3 is 0 Å². The molecular weight excluding hydrogens is 359 g/mol. The van der Waals surface area contributed by atoms with Crippen LogP contribution >= 0.6 is 0 Å². The summed E-state index contributed by atoms with van der Waals surface area (Å²) in [7, 11) is 0. The molecule has 2 amide bonds. The molecule has 1 saturated heterocycles. The van der Waals surface area contributed by atoms with Crippen LogP contribution < -0.4 is 20.4 Å². The van der Waals surface area contributed by atoms with Crippen LogP contribution in [0.15, 0.2) is 48.5 Å². The maximum atomic E-state index is 13.2. The number of carbonyl (C=O) groups is 2. The van der Waals surface area contributed by atoms with E-state index >= 15 is 0 Å². The number of quaternary nitrogens is 2. The normalized spacial score (nSPS) is 19.1. The van der Waals surface area contributed by atoms with Crippen LogP contribution in [0, 0.1) is 12.7 Å². The van der Waals surface area contributed by atoms with Gasteiger partial charge in [0.1, 0.15) is 32.0 Å². The Morgan fingerprint density at radius 2 is 1.36 bits per heavy atom. The molecule has 28 heavy (non-hydrogen) atoms. The summed E-state index contributed by atoms with van der Waals surface area (Å²) < 4.78 is 13.2. The van der Waals surface area contributed by atoms with Crippen LogP contribution in [0.2, 0.25) is 0 Å². The van der Waals surface area contributed by atoms with Crippen molar-refractivity contribution in [3.63, 3.8) is 0 Å².